The highest BCUT2D eigenvalue weighted by Crippen LogP contribution is 2.20. The third-order valence-electron chi connectivity index (χ3n) is 3.36. The van der Waals surface area contributed by atoms with E-state index in [0.29, 0.717) is 12.0 Å². The van der Waals surface area contributed by atoms with E-state index in [1.54, 1.807) is 7.11 Å². The SMILES string of the molecule is COCC(C)CNC1CCC(NC(=O)OC(C)(C)C)C1. The summed E-state index contributed by atoms with van der Waals surface area (Å²) in [6.07, 6.45) is 2.77. The zero-order valence-corrected chi connectivity index (χ0v) is 13.5. The predicted molar refractivity (Wildman–Crippen MR) is 79.8 cm³/mol. The van der Waals surface area contributed by atoms with Gasteiger partial charge in [0.05, 0.1) is 0 Å². The number of ether oxygens (including phenoxy) is 2. The van der Waals surface area contributed by atoms with E-state index in [1.165, 1.54) is 0 Å². The molecule has 1 aliphatic rings. The van der Waals surface area contributed by atoms with Crippen molar-refractivity contribution in [1.82, 2.24) is 10.6 Å². The van der Waals surface area contributed by atoms with Crippen molar-refractivity contribution < 1.29 is 14.3 Å². The molecule has 118 valence electrons. The zero-order chi connectivity index (χ0) is 15.2. The van der Waals surface area contributed by atoms with Gasteiger partial charge in [-0.3, -0.25) is 0 Å². The summed E-state index contributed by atoms with van der Waals surface area (Å²) in [5.41, 5.74) is -0.435. The largest absolute Gasteiger partial charge is 0.444 e. The molecule has 0 aromatic carbocycles. The minimum atomic E-state index is -0.435. The molecule has 5 nitrogen and oxygen atoms in total. The van der Waals surface area contributed by atoms with Crippen molar-refractivity contribution in [3.63, 3.8) is 0 Å². The van der Waals surface area contributed by atoms with Crippen LogP contribution in [-0.4, -0.2) is 44.0 Å². The third-order valence-corrected chi connectivity index (χ3v) is 3.36. The van der Waals surface area contributed by atoms with Crippen molar-refractivity contribution >= 4 is 6.09 Å². The van der Waals surface area contributed by atoms with Crippen LogP contribution in [0.25, 0.3) is 0 Å². The highest BCUT2D eigenvalue weighted by atomic mass is 16.6. The van der Waals surface area contributed by atoms with Gasteiger partial charge in [-0.05, 0) is 46.0 Å². The first-order valence-corrected chi connectivity index (χ1v) is 7.52. The maximum absolute atomic E-state index is 11.7. The lowest BCUT2D eigenvalue weighted by Gasteiger charge is -2.22. The van der Waals surface area contributed by atoms with Gasteiger partial charge in [0.1, 0.15) is 5.60 Å². The molecule has 0 aliphatic heterocycles. The minimum Gasteiger partial charge on any atom is -0.444 e. The molecule has 0 saturated heterocycles. The maximum Gasteiger partial charge on any atom is 0.407 e. The van der Waals surface area contributed by atoms with Gasteiger partial charge in [-0.15, -0.1) is 0 Å². The molecule has 1 aliphatic carbocycles. The number of hydrogen-bond donors (Lipinski definition) is 2. The van der Waals surface area contributed by atoms with Gasteiger partial charge in [0, 0.05) is 32.3 Å². The molecule has 3 unspecified atom stereocenters. The summed E-state index contributed by atoms with van der Waals surface area (Å²) in [7, 11) is 1.73. The maximum atomic E-state index is 11.7. The van der Waals surface area contributed by atoms with Gasteiger partial charge in [0.2, 0.25) is 0 Å². The summed E-state index contributed by atoms with van der Waals surface area (Å²) in [5.74, 6) is 0.512. The Morgan fingerprint density at radius 3 is 2.55 bits per heavy atom. The van der Waals surface area contributed by atoms with Crippen LogP contribution in [0.5, 0.6) is 0 Å². The Balaban J connectivity index is 2.21. The lowest BCUT2D eigenvalue weighted by molar-refractivity contribution is 0.0505. The van der Waals surface area contributed by atoms with E-state index < -0.39 is 5.60 Å². The van der Waals surface area contributed by atoms with E-state index in [2.05, 4.69) is 17.6 Å². The second-order valence-corrected chi connectivity index (χ2v) is 6.82. The number of nitrogens with one attached hydrogen (secondary N) is 2. The molecule has 0 aromatic heterocycles. The molecule has 2 N–H and O–H groups in total. The van der Waals surface area contributed by atoms with Crippen LogP contribution in [0.4, 0.5) is 4.79 Å². The number of hydrogen-bond acceptors (Lipinski definition) is 4. The Morgan fingerprint density at radius 1 is 1.30 bits per heavy atom. The average molecular weight is 286 g/mol. The van der Waals surface area contributed by atoms with Crippen LogP contribution >= 0.6 is 0 Å². The van der Waals surface area contributed by atoms with Crippen LogP contribution in [0.15, 0.2) is 0 Å². The van der Waals surface area contributed by atoms with Crippen LogP contribution < -0.4 is 10.6 Å². The van der Waals surface area contributed by atoms with Crippen molar-refractivity contribution in [2.24, 2.45) is 5.92 Å². The van der Waals surface area contributed by atoms with Gasteiger partial charge in [0.15, 0.2) is 0 Å². The summed E-state index contributed by atoms with van der Waals surface area (Å²) < 4.78 is 10.4. The number of rotatable bonds is 6. The molecule has 3 atom stereocenters. The van der Waals surface area contributed by atoms with Crippen molar-refractivity contribution in [2.75, 3.05) is 20.3 Å². The third kappa shape index (κ3) is 7.10. The summed E-state index contributed by atoms with van der Waals surface area (Å²) in [4.78, 5) is 11.7. The molecule has 1 rings (SSSR count). The first kappa shape index (κ1) is 17.2. The summed E-state index contributed by atoms with van der Waals surface area (Å²) in [6.45, 7) is 9.53. The van der Waals surface area contributed by atoms with E-state index in [1.807, 2.05) is 20.8 Å². The average Bonchev–Trinajstić information content (AvgIpc) is 2.71. The van der Waals surface area contributed by atoms with Gasteiger partial charge < -0.3 is 20.1 Å². The lowest BCUT2D eigenvalue weighted by Crippen LogP contribution is -2.39. The van der Waals surface area contributed by atoms with Crippen molar-refractivity contribution in [3.05, 3.63) is 0 Å². The Hall–Kier alpha value is -0.810. The highest BCUT2D eigenvalue weighted by Gasteiger charge is 2.27. The standard InChI is InChI=1S/C15H30N2O3/c1-11(10-19-5)9-16-12-6-7-13(8-12)17-14(18)20-15(2,3)4/h11-13,16H,6-10H2,1-5H3,(H,17,18). The molecule has 1 saturated carbocycles. The molecule has 0 spiro atoms. The molecule has 0 bridgehead atoms. The topological polar surface area (TPSA) is 59.6 Å². The molecular formula is C15H30N2O3. The van der Waals surface area contributed by atoms with Gasteiger partial charge in [-0.25, -0.2) is 4.79 Å². The number of carbonyl (C=O) groups excluding carboxylic acids is 1. The molecule has 1 fully saturated rings. The molecule has 0 aromatic rings. The molecule has 0 heterocycles. The van der Waals surface area contributed by atoms with Crippen molar-refractivity contribution in [1.29, 1.82) is 0 Å². The summed E-state index contributed by atoms with van der Waals surface area (Å²) in [6, 6.07) is 0.703. The van der Waals surface area contributed by atoms with E-state index in [9.17, 15) is 4.79 Å². The smallest absolute Gasteiger partial charge is 0.407 e. The first-order valence-electron chi connectivity index (χ1n) is 7.52. The second kappa shape index (κ2) is 7.84. The molecule has 20 heavy (non-hydrogen) atoms. The summed E-state index contributed by atoms with van der Waals surface area (Å²) >= 11 is 0. The Kier molecular flexibility index (Phi) is 6.76. The fraction of sp³-hybridized carbons (Fsp3) is 0.933. The van der Waals surface area contributed by atoms with Crippen LogP contribution in [0.2, 0.25) is 0 Å². The van der Waals surface area contributed by atoms with Crippen LogP contribution in [0.3, 0.4) is 0 Å². The number of alkyl carbamates (subject to hydrolysis) is 1. The highest BCUT2D eigenvalue weighted by molar-refractivity contribution is 5.68. The Bertz CT molecular complexity index is 302. The van der Waals surface area contributed by atoms with E-state index in [4.69, 9.17) is 9.47 Å². The van der Waals surface area contributed by atoms with Gasteiger partial charge >= 0.3 is 6.09 Å². The predicted octanol–water partition coefficient (Wildman–Crippen LogP) is 2.30. The number of methoxy groups -OCH3 is 1. The van der Waals surface area contributed by atoms with Crippen LogP contribution in [-0.2, 0) is 9.47 Å². The minimum absolute atomic E-state index is 0.222. The van der Waals surface area contributed by atoms with Crippen LogP contribution in [0, 0.1) is 5.92 Å². The molecule has 1 amide bonds. The van der Waals surface area contributed by atoms with Crippen molar-refractivity contribution in [2.45, 2.75) is 64.6 Å². The van der Waals surface area contributed by atoms with Crippen LogP contribution in [0.1, 0.15) is 47.0 Å². The van der Waals surface area contributed by atoms with E-state index in [-0.39, 0.29) is 12.1 Å². The fourth-order valence-corrected chi connectivity index (χ4v) is 2.48. The molecular weight excluding hydrogens is 256 g/mol. The van der Waals surface area contributed by atoms with Gasteiger partial charge in [-0.1, -0.05) is 6.92 Å². The van der Waals surface area contributed by atoms with E-state index >= 15 is 0 Å². The van der Waals surface area contributed by atoms with E-state index in [0.717, 1.165) is 32.4 Å². The quantitative estimate of drug-likeness (QED) is 0.786. The summed E-state index contributed by atoms with van der Waals surface area (Å²) in [5, 5.41) is 6.50. The first-order chi connectivity index (χ1) is 9.30. The van der Waals surface area contributed by atoms with Crippen molar-refractivity contribution in [3.8, 4) is 0 Å². The van der Waals surface area contributed by atoms with Gasteiger partial charge in [0.25, 0.3) is 0 Å². The molecule has 0 radical (unpaired) electrons. The monoisotopic (exact) mass is 286 g/mol. The zero-order valence-electron chi connectivity index (χ0n) is 13.5. The molecule has 5 heteroatoms. The normalized spacial score (nSPS) is 24.4. The number of amides is 1. The number of carbonyl (C=O) groups is 1. The van der Waals surface area contributed by atoms with Gasteiger partial charge in [-0.2, -0.15) is 0 Å². The fourth-order valence-electron chi connectivity index (χ4n) is 2.48. The Labute approximate surface area is 122 Å². The Morgan fingerprint density at radius 2 is 1.95 bits per heavy atom. The lowest BCUT2D eigenvalue weighted by atomic mass is 10.1. The second-order valence-electron chi connectivity index (χ2n) is 6.82.